The van der Waals surface area contributed by atoms with Crippen LogP contribution in [-0.4, -0.2) is 39.1 Å². The Morgan fingerprint density at radius 1 is 1.30 bits per heavy atom. The van der Waals surface area contributed by atoms with Crippen molar-refractivity contribution in [1.82, 2.24) is 29.1 Å². The van der Waals surface area contributed by atoms with Crippen molar-refractivity contribution in [2.45, 2.75) is 36.9 Å². The molecular weight excluding hydrogens is 457 g/mol. The normalized spacial score (nSPS) is 16.1. The van der Waals surface area contributed by atoms with Crippen LogP contribution in [0.4, 0.5) is 13.2 Å². The Kier molecular flexibility index (Phi) is 4.68. The van der Waals surface area contributed by atoms with E-state index in [1.807, 2.05) is 6.07 Å². The second kappa shape index (κ2) is 7.24. The summed E-state index contributed by atoms with van der Waals surface area (Å²) in [5, 5.41) is 13.8. The van der Waals surface area contributed by atoms with E-state index in [2.05, 4.69) is 24.4 Å². The van der Waals surface area contributed by atoms with Crippen LogP contribution in [0.25, 0.3) is 28.2 Å². The zero-order valence-corrected chi connectivity index (χ0v) is 18.4. The molecule has 33 heavy (non-hydrogen) atoms. The van der Waals surface area contributed by atoms with Gasteiger partial charge in [-0.2, -0.15) is 23.5 Å². The van der Waals surface area contributed by atoms with Gasteiger partial charge in [0.1, 0.15) is 21.1 Å². The van der Waals surface area contributed by atoms with E-state index in [4.69, 9.17) is 0 Å². The number of alkyl halides is 3. The van der Waals surface area contributed by atoms with E-state index in [0.29, 0.717) is 5.65 Å². The van der Waals surface area contributed by atoms with Crippen molar-refractivity contribution in [2.24, 2.45) is 11.4 Å². The summed E-state index contributed by atoms with van der Waals surface area (Å²) in [5.74, 6) is 0.478. The number of nitrogens with zero attached hydrogens (tertiary/aromatic N) is 8. The van der Waals surface area contributed by atoms with Crippen molar-refractivity contribution in [1.29, 1.82) is 5.26 Å². The van der Waals surface area contributed by atoms with Gasteiger partial charge in [-0.25, -0.2) is 23.7 Å². The summed E-state index contributed by atoms with van der Waals surface area (Å²) in [5.41, 5.74) is 0.785. The Morgan fingerprint density at radius 3 is 2.70 bits per heavy atom. The quantitative estimate of drug-likeness (QED) is 0.415. The van der Waals surface area contributed by atoms with E-state index in [0.717, 1.165) is 30.8 Å². The number of fused-ring (bicyclic) bond motifs is 2. The Bertz CT molecular complexity index is 1580. The first kappa shape index (κ1) is 21.3. The number of hydrogen-bond acceptors (Lipinski definition) is 7. The highest BCUT2D eigenvalue weighted by molar-refractivity contribution is 7.93. The average Bonchev–Trinajstić information content (AvgIpc) is 3.47. The molecule has 1 aliphatic rings. The molecule has 4 aromatic heterocycles. The second-order valence-corrected chi connectivity index (χ2v) is 10.2. The van der Waals surface area contributed by atoms with Gasteiger partial charge in [0.2, 0.25) is 6.19 Å². The highest BCUT2D eigenvalue weighted by atomic mass is 32.2. The van der Waals surface area contributed by atoms with Gasteiger partial charge in [0, 0.05) is 36.8 Å². The lowest BCUT2D eigenvalue weighted by atomic mass is 10.2. The smallest absolute Gasteiger partial charge is 0.312 e. The monoisotopic (exact) mass is 474 g/mol. The molecular formula is C20H17F3N8OS. The van der Waals surface area contributed by atoms with Gasteiger partial charge in [-0.1, -0.05) is 6.92 Å². The maximum absolute atomic E-state index is 13.6. The molecule has 4 aromatic rings. The largest absolute Gasteiger partial charge is 0.417 e. The standard InChI is InChI=1S/C20H17F3N8OS/c1-3-33(32,27-10-24)19-15(17-25-7-6-14(11-4-5-11)31(17)29-19)18-28-13-8-12(20(21,22)23)9-26-16(13)30(18)2/h6-9,11H,3-5H2,1-2H3. The summed E-state index contributed by atoms with van der Waals surface area (Å²) in [7, 11) is -1.67. The molecule has 0 radical (unpaired) electrons. The van der Waals surface area contributed by atoms with Crippen molar-refractivity contribution in [3.8, 4) is 17.6 Å². The van der Waals surface area contributed by atoms with Crippen LogP contribution >= 0.6 is 0 Å². The fourth-order valence-electron chi connectivity index (χ4n) is 3.82. The van der Waals surface area contributed by atoms with Crippen molar-refractivity contribution in [3.05, 3.63) is 35.8 Å². The minimum atomic E-state index is -4.57. The maximum atomic E-state index is 13.6. The van der Waals surface area contributed by atoms with E-state index >= 15 is 0 Å². The molecule has 0 aromatic carbocycles. The summed E-state index contributed by atoms with van der Waals surface area (Å²) < 4.78 is 60.0. The molecule has 0 saturated heterocycles. The van der Waals surface area contributed by atoms with Crippen LogP contribution in [0, 0.1) is 11.5 Å². The van der Waals surface area contributed by atoms with E-state index in [1.54, 1.807) is 30.9 Å². The summed E-state index contributed by atoms with van der Waals surface area (Å²) >= 11 is 0. The van der Waals surface area contributed by atoms with Crippen LogP contribution in [0.3, 0.4) is 0 Å². The van der Waals surface area contributed by atoms with Crippen molar-refractivity contribution < 1.29 is 17.4 Å². The maximum Gasteiger partial charge on any atom is 0.417 e. The van der Waals surface area contributed by atoms with Gasteiger partial charge in [-0.05, 0) is 25.0 Å². The topological polar surface area (TPSA) is 114 Å². The Hall–Kier alpha value is -3.53. The number of aryl methyl sites for hydroxylation is 1. The highest BCUT2D eigenvalue weighted by Crippen LogP contribution is 2.42. The molecule has 1 unspecified atom stereocenters. The van der Waals surface area contributed by atoms with Crippen LogP contribution in [0.15, 0.2) is 33.9 Å². The summed E-state index contributed by atoms with van der Waals surface area (Å²) in [6.07, 6.45) is 1.35. The molecule has 0 bridgehead atoms. The van der Waals surface area contributed by atoms with Crippen molar-refractivity contribution in [2.75, 3.05) is 5.75 Å². The summed E-state index contributed by atoms with van der Waals surface area (Å²) in [4.78, 5) is 12.8. The molecule has 0 N–H and O–H groups in total. The zero-order chi connectivity index (χ0) is 23.5. The second-order valence-electron chi connectivity index (χ2n) is 7.74. The number of halogens is 3. The Balaban J connectivity index is 1.87. The van der Waals surface area contributed by atoms with Gasteiger partial charge in [-0.3, -0.25) is 0 Å². The lowest BCUT2D eigenvalue weighted by Crippen LogP contribution is -2.07. The first-order chi connectivity index (χ1) is 15.7. The number of aromatic nitrogens is 6. The molecule has 1 saturated carbocycles. The number of hydrogen-bond donors (Lipinski definition) is 0. The fraction of sp³-hybridized carbons (Fsp3) is 0.350. The van der Waals surface area contributed by atoms with Gasteiger partial charge >= 0.3 is 6.18 Å². The predicted molar refractivity (Wildman–Crippen MR) is 112 cm³/mol. The fourth-order valence-corrected chi connectivity index (χ4v) is 5.15. The average molecular weight is 474 g/mol. The van der Waals surface area contributed by atoms with Crippen molar-refractivity contribution in [3.63, 3.8) is 0 Å². The minimum Gasteiger partial charge on any atom is -0.312 e. The van der Waals surface area contributed by atoms with Gasteiger partial charge in [0.05, 0.1) is 11.1 Å². The van der Waals surface area contributed by atoms with Crippen LogP contribution in [0.1, 0.15) is 36.9 Å². The SMILES string of the molecule is CCS(=O)(=NC#N)c1nn2c(C3CC3)ccnc2c1-c1nc2cc(C(F)(F)F)cnc2n1C. The number of rotatable bonds is 4. The third-order valence-corrected chi connectivity index (χ3v) is 7.70. The molecule has 5 rings (SSSR count). The van der Waals surface area contributed by atoms with E-state index < -0.39 is 21.5 Å². The molecule has 4 heterocycles. The predicted octanol–water partition coefficient (Wildman–Crippen LogP) is 3.90. The first-order valence-electron chi connectivity index (χ1n) is 10.1. The molecule has 0 aliphatic heterocycles. The molecule has 170 valence electrons. The van der Waals surface area contributed by atoms with Crippen LogP contribution in [0.2, 0.25) is 0 Å². The molecule has 1 atom stereocenters. The van der Waals surface area contributed by atoms with Crippen LogP contribution < -0.4 is 0 Å². The Labute approximate surface area is 186 Å². The highest BCUT2D eigenvalue weighted by Gasteiger charge is 2.34. The third-order valence-electron chi connectivity index (χ3n) is 5.65. The van der Waals surface area contributed by atoms with Gasteiger partial charge in [0.25, 0.3) is 0 Å². The molecule has 1 aliphatic carbocycles. The number of pyridine rings is 1. The van der Waals surface area contributed by atoms with Crippen molar-refractivity contribution >= 4 is 26.5 Å². The van der Waals surface area contributed by atoms with Gasteiger partial charge in [0.15, 0.2) is 16.3 Å². The number of imidazole rings is 1. The molecule has 0 amide bonds. The summed E-state index contributed by atoms with van der Waals surface area (Å²) in [6, 6.07) is 2.74. The lowest BCUT2D eigenvalue weighted by Gasteiger charge is -2.06. The molecule has 1 fully saturated rings. The van der Waals surface area contributed by atoms with E-state index in [-0.39, 0.29) is 39.2 Å². The van der Waals surface area contributed by atoms with Crippen LogP contribution in [0.5, 0.6) is 0 Å². The van der Waals surface area contributed by atoms with Gasteiger partial charge in [-0.15, -0.1) is 4.36 Å². The molecule has 9 nitrogen and oxygen atoms in total. The first-order valence-corrected chi connectivity index (χ1v) is 11.8. The zero-order valence-electron chi connectivity index (χ0n) is 17.5. The summed E-state index contributed by atoms with van der Waals surface area (Å²) in [6.45, 7) is 1.62. The lowest BCUT2D eigenvalue weighted by molar-refractivity contribution is -0.137. The minimum absolute atomic E-state index is 0.0105. The number of nitriles is 1. The Morgan fingerprint density at radius 2 is 2.06 bits per heavy atom. The van der Waals surface area contributed by atoms with E-state index in [9.17, 15) is 22.6 Å². The van der Waals surface area contributed by atoms with Crippen LogP contribution in [-0.2, 0) is 23.0 Å². The van der Waals surface area contributed by atoms with E-state index in [1.165, 1.54) is 4.57 Å². The van der Waals surface area contributed by atoms with Gasteiger partial charge < -0.3 is 4.57 Å². The molecule has 0 spiro atoms. The molecule has 13 heteroatoms. The third kappa shape index (κ3) is 3.32.